The van der Waals surface area contributed by atoms with Gasteiger partial charge in [0.05, 0.1) is 24.1 Å². The molecule has 1 aromatic heterocycles. The molecule has 0 atom stereocenters. The molecule has 66 valence electrons. The number of carbonyl (C=O) groups excluding carboxylic acids is 1. The minimum Gasteiger partial charge on any atom is -0.322 e. The molecule has 1 aromatic rings. The molecule has 5 nitrogen and oxygen atoms in total. The average Bonchev–Trinajstić information content (AvgIpc) is 2.37. The maximum Gasteiger partial charge on any atom is 0.238 e. The van der Waals surface area contributed by atoms with Gasteiger partial charge in [0.25, 0.3) is 0 Å². The lowest BCUT2D eigenvalue weighted by atomic mass is 10.4. The molecule has 0 aromatic carbocycles. The number of carbonyl (C=O) groups is 1. The molecule has 1 rings (SSSR count). The van der Waals surface area contributed by atoms with E-state index in [1.807, 2.05) is 6.92 Å². The number of anilines is 1. The van der Waals surface area contributed by atoms with Crippen molar-refractivity contribution in [1.29, 1.82) is 0 Å². The predicted octanol–water partition coefficient (Wildman–Crippen LogP) is -0.124. The SMILES string of the molecule is CNCC(=O)Nc1cn[nH]c1C. The van der Waals surface area contributed by atoms with Crippen LogP contribution in [0, 0.1) is 6.92 Å². The monoisotopic (exact) mass is 168 g/mol. The topological polar surface area (TPSA) is 69.8 Å². The number of aryl methyl sites for hydroxylation is 1. The van der Waals surface area contributed by atoms with Crippen LogP contribution in [0.5, 0.6) is 0 Å². The largest absolute Gasteiger partial charge is 0.322 e. The fraction of sp³-hybridized carbons (Fsp3) is 0.429. The highest BCUT2D eigenvalue weighted by atomic mass is 16.1. The lowest BCUT2D eigenvalue weighted by molar-refractivity contribution is -0.115. The molecule has 0 unspecified atom stereocenters. The van der Waals surface area contributed by atoms with Gasteiger partial charge in [-0.05, 0) is 14.0 Å². The molecule has 3 N–H and O–H groups in total. The standard InChI is InChI=1S/C7H12N4O/c1-5-6(3-9-11-5)10-7(12)4-8-2/h3,8H,4H2,1-2H3,(H,9,11)(H,10,12). The fourth-order valence-electron chi connectivity index (χ4n) is 0.832. The van der Waals surface area contributed by atoms with Crippen molar-refractivity contribution < 1.29 is 4.79 Å². The van der Waals surface area contributed by atoms with Crippen molar-refractivity contribution in [2.75, 3.05) is 18.9 Å². The second kappa shape index (κ2) is 3.87. The number of hydrogen-bond acceptors (Lipinski definition) is 3. The molecular weight excluding hydrogens is 156 g/mol. The zero-order chi connectivity index (χ0) is 8.97. The Morgan fingerprint density at radius 3 is 3.00 bits per heavy atom. The van der Waals surface area contributed by atoms with Crippen LogP contribution < -0.4 is 10.6 Å². The highest BCUT2D eigenvalue weighted by Gasteiger charge is 2.03. The maximum atomic E-state index is 11.0. The Morgan fingerprint density at radius 1 is 1.75 bits per heavy atom. The Hall–Kier alpha value is -1.36. The first kappa shape index (κ1) is 8.73. The molecule has 0 fully saturated rings. The van der Waals surface area contributed by atoms with Crippen molar-refractivity contribution in [3.8, 4) is 0 Å². The van der Waals surface area contributed by atoms with Crippen LogP contribution in [0.4, 0.5) is 5.69 Å². The molecule has 12 heavy (non-hydrogen) atoms. The summed E-state index contributed by atoms with van der Waals surface area (Å²) in [6.07, 6.45) is 1.59. The van der Waals surface area contributed by atoms with Gasteiger partial charge in [0.2, 0.25) is 5.91 Å². The summed E-state index contributed by atoms with van der Waals surface area (Å²) in [6, 6.07) is 0. The van der Waals surface area contributed by atoms with Crippen LogP contribution in [0.1, 0.15) is 5.69 Å². The van der Waals surface area contributed by atoms with Crippen LogP contribution in [0.25, 0.3) is 0 Å². The second-order valence-corrected chi connectivity index (χ2v) is 2.49. The Bertz CT molecular complexity index is 268. The summed E-state index contributed by atoms with van der Waals surface area (Å²) in [6.45, 7) is 2.16. The van der Waals surface area contributed by atoms with Crippen molar-refractivity contribution in [3.63, 3.8) is 0 Å². The van der Waals surface area contributed by atoms with Crippen LogP contribution in [0.2, 0.25) is 0 Å². The van der Waals surface area contributed by atoms with E-state index >= 15 is 0 Å². The molecule has 0 aliphatic heterocycles. The van der Waals surface area contributed by atoms with Gasteiger partial charge >= 0.3 is 0 Å². The van der Waals surface area contributed by atoms with Crippen LogP contribution in [0.3, 0.4) is 0 Å². The Labute approximate surface area is 70.5 Å². The van der Waals surface area contributed by atoms with Gasteiger partial charge in [0, 0.05) is 0 Å². The van der Waals surface area contributed by atoms with Crippen molar-refractivity contribution in [1.82, 2.24) is 15.5 Å². The Balaban J connectivity index is 2.52. The number of amides is 1. The lowest BCUT2D eigenvalue weighted by Gasteiger charge is -2.01. The third-order valence-corrected chi connectivity index (χ3v) is 1.44. The van der Waals surface area contributed by atoms with E-state index in [9.17, 15) is 4.79 Å². The molecular formula is C7H12N4O. The number of aromatic amines is 1. The summed E-state index contributed by atoms with van der Waals surface area (Å²) in [5.41, 5.74) is 1.59. The first-order chi connectivity index (χ1) is 5.74. The third-order valence-electron chi connectivity index (χ3n) is 1.44. The second-order valence-electron chi connectivity index (χ2n) is 2.49. The van der Waals surface area contributed by atoms with E-state index in [1.54, 1.807) is 13.2 Å². The van der Waals surface area contributed by atoms with Gasteiger partial charge in [-0.2, -0.15) is 5.10 Å². The van der Waals surface area contributed by atoms with Gasteiger partial charge in [-0.3, -0.25) is 9.89 Å². The summed E-state index contributed by atoms with van der Waals surface area (Å²) in [4.78, 5) is 11.0. The maximum absolute atomic E-state index is 11.0. The molecule has 0 aliphatic carbocycles. The first-order valence-corrected chi connectivity index (χ1v) is 3.68. The van der Waals surface area contributed by atoms with E-state index in [0.717, 1.165) is 11.4 Å². The summed E-state index contributed by atoms with van der Waals surface area (Å²) < 4.78 is 0. The number of nitrogens with zero attached hydrogens (tertiary/aromatic N) is 1. The number of rotatable bonds is 3. The molecule has 0 aliphatic rings. The van der Waals surface area contributed by atoms with Gasteiger partial charge in [0.1, 0.15) is 0 Å². The number of likely N-dealkylation sites (N-methyl/N-ethyl adjacent to an activating group) is 1. The normalized spacial score (nSPS) is 9.83. The molecule has 0 radical (unpaired) electrons. The molecule has 1 amide bonds. The zero-order valence-electron chi connectivity index (χ0n) is 7.14. The Kier molecular flexibility index (Phi) is 2.82. The minimum absolute atomic E-state index is 0.0676. The summed E-state index contributed by atoms with van der Waals surface area (Å²) in [7, 11) is 1.72. The lowest BCUT2D eigenvalue weighted by Crippen LogP contribution is -2.25. The number of aromatic nitrogens is 2. The molecule has 0 bridgehead atoms. The number of nitrogens with one attached hydrogen (secondary N) is 3. The van der Waals surface area contributed by atoms with Crippen LogP contribution in [-0.2, 0) is 4.79 Å². The molecule has 0 spiro atoms. The van der Waals surface area contributed by atoms with E-state index in [2.05, 4.69) is 20.8 Å². The zero-order valence-corrected chi connectivity index (χ0v) is 7.14. The van der Waals surface area contributed by atoms with Gasteiger partial charge in [-0.1, -0.05) is 0 Å². The highest BCUT2D eigenvalue weighted by molar-refractivity contribution is 5.92. The summed E-state index contributed by atoms with van der Waals surface area (Å²) >= 11 is 0. The molecule has 0 saturated carbocycles. The quantitative estimate of drug-likeness (QED) is 0.589. The average molecular weight is 168 g/mol. The molecule has 5 heteroatoms. The van der Waals surface area contributed by atoms with Crippen LogP contribution >= 0.6 is 0 Å². The molecule has 1 heterocycles. The van der Waals surface area contributed by atoms with E-state index in [4.69, 9.17) is 0 Å². The van der Waals surface area contributed by atoms with Crippen LogP contribution in [0.15, 0.2) is 6.20 Å². The minimum atomic E-state index is -0.0676. The van der Waals surface area contributed by atoms with Gasteiger partial charge < -0.3 is 10.6 Å². The van der Waals surface area contributed by atoms with Gasteiger partial charge in [-0.25, -0.2) is 0 Å². The van der Waals surface area contributed by atoms with Crippen molar-refractivity contribution in [2.45, 2.75) is 6.92 Å². The number of hydrogen-bond donors (Lipinski definition) is 3. The van der Waals surface area contributed by atoms with E-state index in [1.165, 1.54) is 0 Å². The van der Waals surface area contributed by atoms with Crippen molar-refractivity contribution in [2.24, 2.45) is 0 Å². The first-order valence-electron chi connectivity index (χ1n) is 3.68. The van der Waals surface area contributed by atoms with Gasteiger partial charge in [-0.15, -0.1) is 0 Å². The highest BCUT2D eigenvalue weighted by Crippen LogP contribution is 2.08. The predicted molar refractivity (Wildman–Crippen MR) is 45.9 cm³/mol. The van der Waals surface area contributed by atoms with E-state index in [0.29, 0.717) is 6.54 Å². The van der Waals surface area contributed by atoms with Crippen molar-refractivity contribution >= 4 is 11.6 Å². The van der Waals surface area contributed by atoms with Gasteiger partial charge in [0.15, 0.2) is 0 Å². The fourth-order valence-corrected chi connectivity index (χ4v) is 0.832. The Morgan fingerprint density at radius 2 is 2.50 bits per heavy atom. The summed E-state index contributed by atoms with van der Waals surface area (Å²) in [5, 5.41) is 12.0. The van der Waals surface area contributed by atoms with E-state index in [-0.39, 0.29) is 5.91 Å². The smallest absolute Gasteiger partial charge is 0.238 e. The van der Waals surface area contributed by atoms with Crippen molar-refractivity contribution in [3.05, 3.63) is 11.9 Å². The van der Waals surface area contributed by atoms with Crippen LogP contribution in [-0.4, -0.2) is 29.7 Å². The number of H-pyrrole nitrogens is 1. The van der Waals surface area contributed by atoms with E-state index < -0.39 is 0 Å². The summed E-state index contributed by atoms with van der Waals surface area (Å²) in [5.74, 6) is -0.0676. The third kappa shape index (κ3) is 2.06. The molecule has 0 saturated heterocycles.